The van der Waals surface area contributed by atoms with Crippen molar-refractivity contribution >= 4 is 41.5 Å². The summed E-state index contributed by atoms with van der Waals surface area (Å²) in [5, 5.41) is 4.02. The number of piperidine rings is 1. The van der Waals surface area contributed by atoms with Gasteiger partial charge in [0.25, 0.3) is 5.91 Å². The summed E-state index contributed by atoms with van der Waals surface area (Å²) in [6.45, 7) is 2.47. The van der Waals surface area contributed by atoms with Gasteiger partial charge in [-0.1, -0.05) is 29.3 Å². The van der Waals surface area contributed by atoms with Crippen LogP contribution in [-0.4, -0.2) is 37.5 Å². The number of hydrogen-bond donors (Lipinski definition) is 1. The maximum atomic E-state index is 12.5. The van der Waals surface area contributed by atoms with Gasteiger partial charge < -0.3 is 10.2 Å². The van der Waals surface area contributed by atoms with Crippen LogP contribution in [0.5, 0.6) is 0 Å². The van der Waals surface area contributed by atoms with Crippen LogP contribution in [0, 0.1) is 5.92 Å². The number of benzene rings is 1. The predicted molar refractivity (Wildman–Crippen MR) is 86.3 cm³/mol. The van der Waals surface area contributed by atoms with Crippen LogP contribution in [0.25, 0.3) is 0 Å². The molecular weight excluding hydrogens is 319 g/mol. The summed E-state index contributed by atoms with van der Waals surface area (Å²) < 4.78 is 0. The molecule has 0 radical (unpaired) electrons. The first kappa shape index (κ1) is 17.6. The Morgan fingerprint density at radius 2 is 2.05 bits per heavy atom. The highest BCUT2D eigenvalue weighted by Gasteiger charge is 2.26. The van der Waals surface area contributed by atoms with Gasteiger partial charge in [0.1, 0.15) is 0 Å². The maximum Gasteiger partial charge on any atom is 0.256 e. The minimum atomic E-state index is -0.0589. The molecule has 0 aromatic heterocycles. The first-order valence-electron chi connectivity index (χ1n) is 6.51. The van der Waals surface area contributed by atoms with E-state index in [1.807, 2.05) is 11.9 Å². The molecule has 1 aliphatic heterocycles. The number of rotatable bonds is 3. The molecule has 1 amide bonds. The Balaban J connectivity index is 0.00000200. The van der Waals surface area contributed by atoms with Gasteiger partial charge in [0, 0.05) is 13.1 Å². The molecular formula is C14H19Cl3N2O. The monoisotopic (exact) mass is 336 g/mol. The molecule has 1 fully saturated rings. The highest BCUT2D eigenvalue weighted by Crippen LogP contribution is 2.27. The van der Waals surface area contributed by atoms with Crippen LogP contribution in [0.2, 0.25) is 10.0 Å². The third-order valence-electron chi connectivity index (χ3n) is 3.48. The van der Waals surface area contributed by atoms with Crippen molar-refractivity contribution in [3.63, 3.8) is 0 Å². The van der Waals surface area contributed by atoms with Crippen LogP contribution in [0.15, 0.2) is 18.2 Å². The number of nitrogens with one attached hydrogen (secondary N) is 1. The summed E-state index contributed by atoms with van der Waals surface area (Å²) in [7, 11) is 1.94. The van der Waals surface area contributed by atoms with E-state index in [-0.39, 0.29) is 18.3 Å². The van der Waals surface area contributed by atoms with Gasteiger partial charge in [-0.3, -0.25) is 4.79 Å². The van der Waals surface area contributed by atoms with E-state index in [4.69, 9.17) is 23.2 Å². The lowest BCUT2D eigenvalue weighted by molar-refractivity contribution is 0.0674. The highest BCUT2D eigenvalue weighted by molar-refractivity contribution is 6.39. The van der Waals surface area contributed by atoms with E-state index in [2.05, 4.69) is 5.32 Å². The van der Waals surface area contributed by atoms with Crippen molar-refractivity contribution in [1.82, 2.24) is 10.2 Å². The Bertz CT molecular complexity index is 445. The lowest BCUT2D eigenvalue weighted by atomic mass is 9.97. The molecule has 112 valence electrons. The standard InChI is InChI=1S/C14H18Cl2N2O.ClH/c1-17-8-10-4-3-7-18(9-10)14(19)13-11(15)5-2-6-12(13)16;/h2,5-6,10,17H,3-4,7-9H2,1H3;1H. The zero-order valence-electron chi connectivity index (χ0n) is 11.4. The molecule has 1 aromatic carbocycles. The fourth-order valence-electron chi connectivity index (χ4n) is 2.57. The highest BCUT2D eigenvalue weighted by atomic mass is 35.5. The smallest absolute Gasteiger partial charge is 0.256 e. The molecule has 1 saturated heterocycles. The van der Waals surface area contributed by atoms with Crippen LogP contribution < -0.4 is 5.32 Å². The fourth-order valence-corrected chi connectivity index (χ4v) is 3.12. The third kappa shape index (κ3) is 4.01. The first-order chi connectivity index (χ1) is 9.13. The summed E-state index contributed by atoms with van der Waals surface area (Å²) in [6, 6.07) is 5.16. The second kappa shape index (κ2) is 8.08. The Morgan fingerprint density at radius 3 is 2.65 bits per heavy atom. The number of hydrogen-bond acceptors (Lipinski definition) is 2. The molecule has 1 atom stereocenters. The number of nitrogens with zero attached hydrogens (tertiary/aromatic N) is 1. The zero-order valence-corrected chi connectivity index (χ0v) is 13.7. The summed E-state index contributed by atoms with van der Waals surface area (Å²) >= 11 is 12.2. The summed E-state index contributed by atoms with van der Waals surface area (Å²) in [6.07, 6.45) is 2.18. The van der Waals surface area contributed by atoms with Gasteiger partial charge in [-0.2, -0.15) is 0 Å². The van der Waals surface area contributed by atoms with Gasteiger partial charge in [-0.15, -0.1) is 12.4 Å². The Kier molecular flexibility index (Phi) is 7.10. The molecule has 20 heavy (non-hydrogen) atoms. The minimum absolute atomic E-state index is 0. The third-order valence-corrected chi connectivity index (χ3v) is 4.11. The van der Waals surface area contributed by atoms with E-state index >= 15 is 0 Å². The van der Waals surface area contributed by atoms with Crippen molar-refractivity contribution in [1.29, 1.82) is 0 Å². The van der Waals surface area contributed by atoms with Crippen LogP contribution in [0.1, 0.15) is 23.2 Å². The molecule has 1 aliphatic rings. The van der Waals surface area contributed by atoms with Crippen molar-refractivity contribution in [3.05, 3.63) is 33.8 Å². The van der Waals surface area contributed by atoms with Crippen LogP contribution in [-0.2, 0) is 0 Å². The Hall–Kier alpha value is -0.480. The van der Waals surface area contributed by atoms with Crippen LogP contribution >= 0.6 is 35.6 Å². The number of halogens is 3. The van der Waals surface area contributed by atoms with Crippen molar-refractivity contribution in [2.75, 3.05) is 26.7 Å². The summed E-state index contributed by atoms with van der Waals surface area (Å²) in [4.78, 5) is 14.4. The lowest BCUT2D eigenvalue weighted by Crippen LogP contribution is -2.42. The molecule has 2 rings (SSSR count). The molecule has 3 nitrogen and oxygen atoms in total. The number of likely N-dealkylation sites (tertiary alicyclic amines) is 1. The second-order valence-corrected chi connectivity index (χ2v) is 5.73. The SMILES string of the molecule is CNCC1CCCN(C(=O)c2c(Cl)cccc2Cl)C1.Cl. The van der Waals surface area contributed by atoms with Gasteiger partial charge in [0.15, 0.2) is 0 Å². The first-order valence-corrected chi connectivity index (χ1v) is 7.27. The molecule has 0 saturated carbocycles. The van der Waals surface area contributed by atoms with E-state index in [1.54, 1.807) is 18.2 Å². The number of carbonyl (C=O) groups excluding carboxylic acids is 1. The molecule has 1 aromatic rings. The minimum Gasteiger partial charge on any atom is -0.338 e. The van der Waals surface area contributed by atoms with Gasteiger partial charge >= 0.3 is 0 Å². The number of amides is 1. The second-order valence-electron chi connectivity index (χ2n) is 4.91. The van der Waals surface area contributed by atoms with Crippen molar-refractivity contribution < 1.29 is 4.79 Å². The van der Waals surface area contributed by atoms with E-state index in [0.717, 1.165) is 32.5 Å². The fraction of sp³-hybridized carbons (Fsp3) is 0.500. The molecule has 0 aliphatic carbocycles. The Labute approximate surface area is 136 Å². The van der Waals surface area contributed by atoms with Gasteiger partial charge in [-0.05, 0) is 44.5 Å². The molecule has 0 bridgehead atoms. The lowest BCUT2D eigenvalue weighted by Gasteiger charge is -2.33. The predicted octanol–water partition coefficient (Wildman–Crippen LogP) is 3.49. The van der Waals surface area contributed by atoms with Crippen molar-refractivity contribution in [2.24, 2.45) is 5.92 Å². The molecule has 1 unspecified atom stereocenters. The van der Waals surface area contributed by atoms with Crippen LogP contribution in [0.3, 0.4) is 0 Å². The Morgan fingerprint density at radius 1 is 1.40 bits per heavy atom. The molecule has 6 heteroatoms. The van der Waals surface area contributed by atoms with E-state index in [1.165, 1.54) is 0 Å². The van der Waals surface area contributed by atoms with Crippen molar-refractivity contribution in [2.45, 2.75) is 12.8 Å². The molecule has 1 heterocycles. The van der Waals surface area contributed by atoms with Crippen molar-refractivity contribution in [3.8, 4) is 0 Å². The van der Waals surface area contributed by atoms with Gasteiger partial charge in [0.05, 0.1) is 15.6 Å². The van der Waals surface area contributed by atoms with E-state index in [9.17, 15) is 4.79 Å². The quantitative estimate of drug-likeness (QED) is 0.915. The van der Waals surface area contributed by atoms with E-state index < -0.39 is 0 Å². The van der Waals surface area contributed by atoms with Gasteiger partial charge in [-0.25, -0.2) is 0 Å². The topological polar surface area (TPSA) is 32.3 Å². The van der Waals surface area contributed by atoms with Crippen LogP contribution in [0.4, 0.5) is 0 Å². The molecule has 1 N–H and O–H groups in total. The summed E-state index contributed by atoms with van der Waals surface area (Å²) in [5.74, 6) is 0.445. The zero-order chi connectivity index (χ0) is 13.8. The van der Waals surface area contributed by atoms with E-state index in [0.29, 0.717) is 21.5 Å². The maximum absolute atomic E-state index is 12.5. The largest absolute Gasteiger partial charge is 0.338 e. The molecule has 0 spiro atoms. The van der Waals surface area contributed by atoms with Gasteiger partial charge in [0.2, 0.25) is 0 Å². The average Bonchev–Trinajstić information content (AvgIpc) is 2.39. The normalized spacial score (nSPS) is 18.6. The average molecular weight is 338 g/mol. The summed E-state index contributed by atoms with van der Waals surface area (Å²) in [5.41, 5.74) is 0.427. The number of carbonyl (C=O) groups is 1.